The van der Waals surface area contributed by atoms with Crippen molar-refractivity contribution >= 4 is 27.1 Å². The van der Waals surface area contributed by atoms with E-state index in [0.29, 0.717) is 11.4 Å². The average Bonchev–Trinajstić information content (AvgIpc) is 2.58. The first-order valence-corrected chi connectivity index (χ1v) is 8.26. The fourth-order valence-corrected chi connectivity index (χ4v) is 2.80. The molecule has 0 heterocycles. The van der Waals surface area contributed by atoms with Crippen LogP contribution in [-0.2, 0) is 10.0 Å². The van der Waals surface area contributed by atoms with Crippen LogP contribution in [0.5, 0.6) is 0 Å². The number of hydrazone groups is 1. The summed E-state index contributed by atoms with van der Waals surface area (Å²) < 4.78 is 27.1. The summed E-state index contributed by atoms with van der Waals surface area (Å²) >= 11 is 0. The summed E-state index contributed by atoms with van der Waals surface area (Å²) in [6.45, 7) is 1.91. The molecule has 2 aromatic carbocycles. The third-order valence-corrected chi connectivity index (χ3v) is 4.37. The fourth-order valence-electron chi connectivity index (χ4n) is 1.74. The number of nitrogens with one attached hydrogen (secondary N) is 2. The maximum Gasteiger partial charge on any atom is 0.261 e. The summed E-state index contributed by atoms with van der Waals surface area (Å²) in [6.07, 6.45) is 0. The monoisotopic (exact) mass is 339 g/mol. The molecule has 0 aliphatic heterocycles. The fraction of sp³-hybridized carbons (Fsp3) is 0.0625. The Hall–Kier alpha value is -3.36. The lowest BCUT2D eigenvalue weighted by Gasteiger charge is -2.09. The predicted molar refractivity (Wildman–Crippen MR) is 90.7 cm³/mol. The number of sulfonamides is 1. The van der Waals surface area contributed by atoms with Gasteiger partial charge in [0.25, 0.3) is 10.0 Å². The molecule has 24 heavy (non-hydrogen) atoms. The van der Waals surface area contributed by atoms with E-state index in [4.69, 9.17) is 10.5 Å². The van der Waals surface area contributed by atoms with E-state index >= 15 is 0 Å². The summed E-state index contributed by atoms with van der Waals surface area (Å²) in [4.78, 5) is 0.0818. The molecule has 0 saturated carbocycles. The lowest BCUT2D eigenvalue weighted by molar-refractivity contribution is 0.601. The van der Waals surface area contributed by atoms with Crippen molar-refractivity contribution in [3.63, 3.8) is 0 Å². The van der Waals surface area contributed by atoms with Gasteiger partial charge >= 0.3 is 0 Å². The van der Waals surface area contributed by atoms with Crippen molar-refractivity contribution in [1.29, 1.82) is 10.5 Å². The van der Waals surface area contributed by atoms with Crippen molar-refractivity contribution in [3.05, 3.63) is 54.1 Å². The molecule has 0 aliphatic carbocycles. The molecule has 0 saturated heterocycles. The van der Waals surface area contributed by atoms with Crippen LogP contribution in [0.2, 0.25) is 0 Å². The number of hydrogen-bond acceptors (Lipinski definition) is 6. The second kappa shape index (κ2) is 7.27. The number of benzene rings is 2. The summed E-state index contributed by atoms with van der Waals surface area (Å²) in [7, 11) is -3.70. The lowest BCUT2D eigenvalue weighted by atomic mass is 10.2. The van der Waals surface area contributed by atoms with Crippen molar-refractivity contribution < 1.29 is 8.42 Å². The molecular weight excluding hydrogens is 326 g/mol. The number of nitriles is 2. The molecule has 8 heteroatoms. The van der Waals surface area contributed by atoms with E-state index in [0.717, 1.165) is 5.56 Å². The molecule has 2 rings (SSSR count). The van der Waals surface area contributed by atoms with E-state index in [9.17, 15) is 8.42 Å². The average molecular weight is 339 g/mol. The summed E-state index contributed by atoms with van der Waals surface area (Å²) in [5.74, 6) is 0. The van der Waals surface area contributed by atoms with Gasteiger partial charge in [0.1, 0.15) is 12.1 Å². The molecule has 2 aromatic rings. The molecule has 0 fully saturated rings. The third kappa shape index (κ3) is 4.32. The Morgan fingerprint density at radius 2 is 1.50 bits per heavy atom. The summed E-state index contributed by atoms with van der Waals surface area (Å²) in [5.41, 5.74) is 4.14. The molecule has 0 radical (unpaired) electrons. The van der Waals surface area contributed by atoms with Crippen LogP contribution in [0.15, 0.2) is 58.5 Å². The molecular formula is C16H13N5O2S. The minimum atomic E-state index is -3.70. The lowest BCUT2D eigenvalue weighted by Crippen LogP contribution is -2.12. The third-order valence-electron chi connectivity index (χ3n) is 2.98. The van der Waals surface area contributed by atoms with Crippen LogP contribution >= 0.6 is 0 Å². The van der Waals surface area contributed by atoms with E-state index in [1.165, 1.54) is 24.3 Å². The highest BCUT2D eigenvalue weighted by molar-refractivity contribution is 7.92. The minimum absolute atomic E-state index is 0.0818. The van der Waals surface area contributed by atoms with E-state index < -0.39 is 10.0 Å². The Labute approximate surface area is 139 Å². The van der Waals surface area contributed by atoms with Crippen molar-refractivity contribution in [2.45, 2.75) is 11.8 Å². The van der Waals surface area contributed by atoms with Gasteiger partial charge < -0.3 is 0 Å². The van der Waals surface area contributed by atoms with Gasteiger partial charge in [-0.15, -0.1) is 0 Å². The highest BCUT2D eigenvalue weighted by Gasteiger charge is 2.13. The van der Waals surface area contributed by atoms with E-state index in [1.54, 1.807) is 24.3 Å². The van der Waals surface area contributed by atoms with Crippen LogP contribution in [0.4, 0.5) is 11.4 Å². The molecule has 120 valence electrons. The molecule has 0 unspecified atom stereocenters. The molecule has 0 aromatic heterocycles. The maximum absolute atomic E-state index is 12.3. The van der Waals surface area contributed by atoms with Crippen LogP contribution in [0, 0.1) is 29.6 Å². The zero-order valence-electron chi connectivity index (χ0n) is 12.7. The molecule has 0 spiro atoms. The van der Waals surface area contributed by atoms with E-state index in [-0.39, 0.29) is 10.6 Å². The van der Waals surface area contributed by atoms with E-state index in [1.807, 2.05) is 19.1 Å². The van der Waals surface area contributed by atoms with Gasteiger partial charge in [0.2, 0.25) is 5.71 Å². The van der Waals surface area contributed by atoms with Crippen molar-refractivity contribution in [3.8, 4) is 12.1 Å². The number of anilines is 2. The van der Waals surface area contributed by atoms with Gasteiger partial charge in [0.15, 0.2) is 0 Å². The quantitative estimate of drug-likeness (QED) is 0.641. The van der Waals surface area contributed by atoms with Gasteiger partial charge in [-0.2, -0.15) is 15.6 Å². The Bertz CT molecular complexity index is 918. The Morgan fingerprint density at radius 3 is 2.04 bits per heavy atom. The SMILES string of the molecule is Cc1ccc(NS(=O)(=O)c2ccc(NN=C(C#N)C#N)cc2)cc1. The van der Waals surface area contributed by atoms with Gasteiger partial charge in [-0.25, -0.2) is 8.42 Å². The first-order chi connectivity index (χ1) is 11.4. The van der Waals surface area contributed by atoms with Crippen LogP contribution in [0.25, 0.3) is 0 Å². The highest BCUT2D eigenvalue weighted by Crippen LogP contribution is 2.18. The Morgan fingerprint density at radius 1 is 0.958 bits per heavy atom. The molecule has 0 amide bonds. The van der Waals surface area contributed by atoms with Gasteiger partial charge in [0.05, 0.1) is 10.6 Å². The smallest absolute Gasteiger partial charge is 0.261 e. The van der Waals surface area contributed by atoms with Crippen LogP contribution in [-0.4, -0.2) is 14.1 Å². The zero-order valence-corrected chi connectivity index (χ0v) is 13.5. The first-order valence-electron chi connectivity index (χ1n) is 6.78. The topological polar surface area (TPSA) is 118 Å². The highest BCUT2D eigenvalue weighted by atomic mass is 32.2. The van der Waals surface area contributed by atoms with Crippen LogP contribution < -0.4 is 10.1 Å². The number of nitrogens with zero attached hydrogens (tertiary/aromatic N) is 3. The minimum Gasteiger partial charge on any atom is -0.280 e. The summed E-state index contributed by atoms with van der Waals surface area (Å²) in [5, 5.41) is 20.7. The number of aryl methyl sites for hydroxylation is 1. The maximum atomic E-state index is 12.3. The molecule has 7 nitrogen and oxygen atoms in total. The Balaban J connectivity index is 2.14. The van der Waals surface area contributed by atoms with Crippen LogP contribution in [0.1, 0.15) is 5.56 Å². The first kappa shape index (κ1) is 17.0. The second-order valence-corrected chi connectivity index (χ2v) is 6.47. The predicted octanol–water partition coefficient (Wildman–Crippen LogP) is 2.61. The molecule has 0 atom stereocenters. The van der Waals surface area contributed by atoms with Crippen molar-refractivity contribution in [2.24, 2.45) is 5.10 Å². The molecule has 0 aliphatic rings. The Kier molecular flexibility index (Phi) is 5.15. The normalized spacial score (nSPS) is 10.1. The molecule has 0 bridgehead atoms. The number of hydrogen-bond donors (Lipinski definition) is 2. The zero-order chi connectivity index (χ0) is 17.6. The van der Waals surface area contributed by atoms with Gasteiger partial charge in [-0.3, -0.25) is 10.1 Å². The van der Waals surface area contributed by atoms with Gasteiger partial charge in [-0.05, 0) is 43.3 Å². The number of rotatable bonds is 5. The van der Waals surface area contributed by atoms with Gasteiger partial charge in [-0.1, -0.05) is 17.7 Å². The summed E-state index contributed by atoms with van der Waals surface area (Å²) in [6, 6.07) is 16.0. The van der Waals surface area contributed by atoms with Crippen molar-refractivity contribution in [1.82, 2.24) is 0 Å². The standard InChI is InChI=1S/C16H13N5O2S/c1-12-2-4-14(5-3-12)21-24(22,23)16-8-6-13(7-9-16)19-20-15(10-17)11-18/h2-9,19,21H,1H3. The molecule has 2 N–H and O–H groups in total. The largest absolute Gasteiger partial charge is 0.280 e. The second-order valence-electron chi connectivity index (χ2n) is 4.79. The van der Waals surface area contributed by atoms with Crippen LogP contribution in [0.3, 0.4) is 0 Å². The van der Waals surface area contributed by atoms with E-state index in [2.05, 4.69) is 15.2 Å². The van der Waals surface area contributed by atoms with Crippen molar-refractivity contribution in [2.75, 3.05) is 10.1 Å². The van der Waals surface area contributed by atoms with Gasteiger partial charge in [0, 0.05) is 5.69 Å².